The summed E-state index contributed by atoms with van der Waals surface area (Å²) < 4.78 is 2.37. The largest absolute Gasteiger partial charge is 0.324 e. The predicted octanol–water partition coefficient (Wildman–Crippen LogP) is 2.23. The van der Waals surface area contributed by atoms with Gasteiger partial charge in [0.25, 0.3) is 0 Å². The Labute approximate surface area is 134 Å². The summed E-state index contributed by atoms with van der Waals surface area (Å²) in [5, 5.41) is 15.4. The Balaban J connectivity index is 1.58. The number of anilines is 1. The molecule has 0 saturated heterocycles. The summed E-state index contributed by atoms with van der Waals surface area (Å²) >= 11 is 3.23. The van der Waals surface area contributed by atoms with Crippen molar-refractivity contribution in [1.82, 2.24) is 25.2 Å². The highest BCUT2D eigenvalue weighted by molar-refractivity contribution is 8.01. The first-order valence-corrected chi connectivity index (χ1v) is 8.09. The number of nitrogens with one attached hydrogen (secondary N) is 1. The maximum Gasteiger partial charge on any atom is 0.246 e. The zero-order valence-corrected chi connectivity index (χ0v) is 13.3. The van der Waals surface area contributed by atoms with Crippen LogP contribution in [-0.4, -0.2) is 31.1 Å². The SMILES string of the molecule is Cc1csc(Sc2ccc(NC(=O)Cn3cnnn3)cc2)n1. The molecular formula is C13H12N6OS2. The number of carbonyl (C=O) groups excluding carboxylic acids is 1. The summed E-state index contributed by atoms with van der Waals surface area (Å²) in [7, 11) is 0. The van der Waals surface area contributed by atoms with Gasteiger partial charge in [0.15, 0.2) is 4.34 Å². The molecule has 0 aliphatic heterocycles. The Kier molecular flexibility index (Phi) is 4.45. The monoisotopic (exact) mass is 332 g/mol. The average Bonchev–Trinajstić information content (AvgIpc) is 3.13. The number of nitrogens with zero attached hydrogens (tertiary/aromatic N) is 5. The smallest absolute Gasteiger partial charge is 0.246 e. The van der Waals surface area contributed by atoms with Gasteiger partial charge in [-0.15, -0.1) is 16.4 Å². The lowest BCUT2D eigenvalue weighted by atomic mass is 10.3. The van der Waals surface area contributed by atoms with Crippen molar-refractivity contribution in [2.75, 3.05) is 5.32 Å². The molecule has 0 fully saturated rings. The van der Waals surface area contributed by atoms with Crippen LogP contribution in [0.5, 0.6) is 0 Å². The molecule has 1 amide bonds. The Morgan fingerprint density at radius 2 is 2.18 bits per heavy atom. The van der Waals surface area contributed by atoms with Crippen LogP contribution in [-0.2, 0) is 11.3 Å². The fourth-order valence-electron chi connectivity index (χ4n) is 1.69. The van der Waals surface area contributed by atoms with Gasteiger partial charge in [-0.3, -0.25) is 4.79 Å². The summed E-state index contributed by atoms with van der Waals surface area (Å²) in [4.78, 5) is 17.3. The number of carbonyl (C=O) groups is 1. The predicted molar refractivity (Wildman–Crippen MR) is 83.9 cm³/mol. The van der Waals surface area contributed by atoms with E-state index in [0.29, 0.717) is 0 Å². The van der Waals surface area contributed by atoms with Gasteiger partial charge in [0, 0.05) is 21.7 Å². The standard InChI is InChI=1S/C13H12N6OS2/c1-9-7-21-13(15-9)22-11-4-2-10(3-5-11)16-12(20)6-19-8-14-17-18-19/h2-5,7-8H,6H2,1H3,(H,16,20). The second-order valence-corrected chi connectivity index (χ2v) is 6.62. The Hall–Kier alpha value is -2.26. The van der Waals surface area contributed by atoms with Crippen LogP contribution >= 0.6 is 23.1 Å². The van der Waals surface area contributed by atoms with Gasteiger partial charge >= 0.3 is 0 Å². The van der Waals surface area contributed by atoms with Crippen LogP contribution in [0.4, 0.5) is 5.69 Å². The summed E-state index contributed by atoms with van der Waals surface area (Å²) in [6.45, 7) is 2.06. The van der Waals surface area contributed by atoms with Crippen molar-refractivity contribution in [3.8, 4) is 0 Å². The summed E-state index contributed by atoms with van der Waals surface area (Å²) in [6, 6.07) is 7.63. The molecule has 2 heterocycles. The number of aromatic nitrogens is 5. The number of aryl methyl sites for hydroxylation is 1. The highest BCUT2D eigenvalue weighted by Gasteiger charge is 2.06. The zero-order chi connectivity index (χ0) is 15.4. The molecule has 7 nitrogen and oxygen atoms in total. The molecule has 22 heavy (non-hydrogen) atoms. The lowest BCUT2D eigenvalue weighted by Gasteiger charge is -2.05. The van der Waals surface area contributed by atoms with E-state index in [2.05, 4.69) is 25.8 Å². The molecule has 3 aromatic rings. The molecular weight excluding hydrogens is 320 g/mol. The number of amides is 1. The van der Waals surface area contributed by atoms with Gasteiger partial charge in [-0.25, -0.2) is 9.67 Å². The molecule has 1 aromatic carbocycles. The zero-order valence-electron chi connectivity index (χ0n) is 11.6. The molecule has 0 radical (unpaired) electrons. The Morgan fingerprint density at radius 1 is 1.36 bits per heavy atom. The summed E-state index contributed by atoms with van der Waals surface area (Å²) in [5.74, 6) is -0.178. The van der Waals surface area contributed by atoms with Gasteiger partial charge in [0.05, 0.1) is 0 Å². The van der Waals surface area contributed by atoms with Gasteiger partial charge in [-0.2, -0.15) is 0 Å². The van der Waals surface area contributed by atoms with Crippen molar-refractivity contribution in [3.05, 3.63) is 41.7 Å². The number of tetrazole rings is 1. The van der Waals surface area contributed by atoms with Crippen LogP contribution in [0, 0.1) is 6.92 Å². The van der Waals surface area contributed by atoms with Crippen LogP contribution in [0.2, 0.25) is 0 Å². The van der Waals surface area contributed by atoms with E-state index >= 15 is 0 Å². The van der Waals surface area contributed by atoms with E-state index in [1.165, 1.54) is 11.0 Å². The number of hydrogen-bond acceptors (Lipinski definition) is 7. The molecule has 0 spiro atoms. The van der Waals surface area contributed by atoms with E-state index in [9.17, 15) is 4.79 Å². The van der Waals surface area contributed by atoms with Crippen molar-refractivity contribution in [3.63, 3.8) is 0 Å². The van der Waals surface area contributed by atoms with Crippen molar-refractivity contribution in [1.29, 1.82) is 0 Å². The second-order valence-electron chi connectivity index (χ2n) is 4.44. The van der Waals surface area contributed by atoms with Gasteiger partial charge in [0.2, 0.25) is 5.91 Å². The molecule has 2 aromatic heterocycles. The molecule has 0 aliphatic rings. The second kappa shape index (κ2) is 6.67. The molecule has 9 heteroatoms. The molecule has 1 N–H and O–H groups in total. The minimum Gasteiger partial charge on any atom is -0.324 e. The third-order valence-electron chi connectivity index (χ3n) is 2.64. The average molecular weight is 332 g/mol. The Morgan fingerprint density at radius 3 is 2.82 bits per heavy atom. The fraction of sp³-hybridized carbons (Fsp3) is 0.154. The molecule has 0 aliphatic carbocycles. The van der Waals surface area contributed by atoms with Gasteiger partial charge in [-0.05, 0) is 41.6 Å². The van der Waals surface area contributed by atoms with Gasteiger partial charge in [-0.1, -0.05) is 11.8 Å². The van der Waals surface area contributed by atoms with Crippen molar-refractivity contribution in [2.24, 2.45) is 0 Å². The number of benzene rings is 1. The molecule has 0 unspecified atom stereocenters. The number of hydrogen-bond donors (Lipinski definition) is 1. The van der Waals surface area contributed by atoms with E-state index in [4.69, 9.17) is 0 Å². The maximum absolute atomic E-state index is 11.8. The van der Waals surface area contributed by atoms with Crippen LogP contribution in [0.15, 0.2) is 45.2 Å². The van der Waals surface area contributed by atoms with Crippen LogP contribution in [0.1, 0.15) is 5.69 Å². The van der Waals surface area contributed by atoms with E-state index in [0.717, 1.165) is 20.6 Å². The lowest BCUT2D eigenvalue weighted by Crippen LogP contribution is -2.19. The highest BCUT2D eigenvalue weighted by Crippen LogP contribution is 2.30. The van der Waals surface area contributed by atoms with Crippen LogP contribution in [0.3, 0.4) is 0 Å². The summed E-state index contributed by atoms with van der Waals surface area (Å²) in [5.41, 5.74) is 1.76. The molecule has 112 valence electrons. The third-order valence-corrected chi connectivity index (χ3v) is 4.70. The highest BCUT2D eigenvalue weighted by atomic mass is 32.2. The van der Waals surface area contributed by atoms with Crippen molar-refractivity contribution >= 4 is 34.7 Å². The van der Waals surface area contributed by atoms with Gasteiger partial charge in [0.1, 0.15) is 12.9 Å². The fourth-order valence-corrected chi connectivity index (χ4v) is 3.50. The van der Waals surface area contributed by atoms with Crippen molar-refractivity contribution in [2.45, 2.75) is 22.7 Å². The topological polar surface area (TPSA) is 85.6 Å². The maximum atomic E-state index is 11.8. The molecule has 3 rings (SSSR count). The van der Waals surface area contributed by atoms with E-state index < -0.39 is 0 Å². The van der Waals surface area contributed by atoms with Crippen LogP contribution < -0.4 is 5.32 Å². The third kappa shape index (κ3) is 3.89. The summed E-state index contributed by atoms with van der Waals surface area (Å²) in [6.07, 6.45) is 1.40. The van der Waals surface area contributed by atoms with Crippen LogP contribution in [0.25, 0.3) is 0 Å². The first-order valence-electron chi connectivity index (χ1n) is 6.40. The van der Waals surface area contributed by atoms with E-state index in [1.807, 2.05) is 36.6 Å². The van der Waals surface area contributed by atoms with Crippen molar-refractivity contribution < 1.29 is 4.79 Å². The lowest BCUT2D eigenvalue weighted by molar-refractivity contribution is -0.116. The minimum absolute atomic E-state index is 0.0852. The Bertz CT molecular complexity index is 753. The molecule has 0 bridgehead atoms. The first kappa shape index (κ1) is 14.7. The molecule has 0 saturated carbocycles. The minimum atomic E-state index is -0.178. The quantitative estimate of drug-likeness (QED) is 0.771. The number of rotatable bonds is 5. The first-order chi connectivity index (χ1) is 10.7. The molecule has 0 atom stereocenters. The number of thiazole rings is 1. The van der Waals surface area contributed by atoms with E-state index in [1.54, 1.807) is 23.1 Å². The normalized spacial score (nSPS) is 10.6. The van der Waals surface area contributed by atoms with Gasteiger partial charge < -0.3 is 5.32 Å². The van der Waals surface area contributed by atoms with E-state index in [-0.39, 0.29) is 12.5 Å².